The van der Waals surface area contributed by atoms with E-state index < -0.39 is 0 Å². The first-order valence-corrected chi connectivity index (χ1v) is 5.23. The molecule has 1 aromatic rings. The zero-order chi connectivity index (χ0) is 11.8. The summed E-state index contributed by atoms with van der Waals surface area (Å²) in [7, 11) is 0. The number of nitriles is 1. The maximum Gasteiger partial charge on any atom is 0.174 e. The van der Waals surface area contributed by atoms with Gasteiger partial charge in [-0.2, -0.15) is 5.26 Å². The molecule has 0 saturated heterocycles. The van der Waals surface area contributed by atoms with Gasteiger partial charge in [0.2, 0.25) is 0 Å². The molecule has 1 N–H and O–H groups in total. The van der Waals surface area contributed by atoms with Gasteiger partial charge in [-0.1, -0.05) is 30.3 Å². The Morgan fingerprint density at radius 3 is 3.06 bits per heavy atom. The van der Waals surface area contributed by atoms with Crippen LogP contribution < -0.4 is 10.1 Å². The summed E-state index contributed by atoms with van der Waals surface area (Å²) in [4.78, 5) is 0. The molecule has 0 radical (unpaired) electrons. The largest absolute Gasteiger partial charge is 0.479 e. The van der Waals surface area contributed by atoms with Gasteiger partial charge in [0.05, 0.1) is 0 Å². The van der Waals surface area contributed by atoms with Crippen LogP contribution in [0.25, 0.3) is 0 Å². The number of hydrogen-bond donors (Lipinski definition) is 1. The van der Waals surface area contributed by atoms with Crippen molar-refractivity contribution in [3.63, 3.8) is 0 Å². The summed E-state index contributed by atoms with van der Waals surface area (Å²) < 4.78 is 5.19. The maximum absolute atomic E-state index is 8.39. The van der Waals surface area contributed by atoms with E-state index in [0.717, 1.165) is 5.56 Å². The highest BCUT2D eigenvalue weighted by atomic mass is 35.5. The lowest BCUT2D eigenvalue weighted by Crippen LogP contribution is -2.14. The van der Waals surface area contributed by atoms with E-state index in [0.29, 0.717) is 23.9 Å². The van der Waals surface area contributed by atoms with Gasteiger partial charge in [0.15, 0.2) is 6.61 Å². The van der Waals surface area contributed by atoms with Crippen molar-refractivity contribution in [1.82, 2.24) is 5.32 Å². The van der Waals surface area contributed by atoms with Crippen LogP contribution in [0, 0.1) is 11.3 Å². The molecule has 0 heterocycles. The third-order valence-corrected chi connectivity index (χ3v) is 1.98. The van der Waals surface area contributed by atoms with E-state index >= 15 is 0 Å². The Bertz CT molecular complexity index is 398. The Morgan fingerprint density at radius 2 is 2.38 bits per heavy atom. The molecule has 0 aliphatic carbocycles. The molecule has 0 aliphatic heterocycles. The van der Waals surface area contributed by atoms with E-state index in [-0.39, 0.29) is 6.61 Å². The molecular weight excluding hydrogens is 224 g/mol. The molecule has 0 aromatic heterocycles. The topological polar surface area (TPSA) is 45.0 Å². The summed E-state index contributed by atoms with van der Waals surface area (Å²) in [6, 6.07) is 9.50. The molecule has 16 heavy (non-hydrogen) atoms. The molecule has 84 valence electrons. The van der Waals surface area contributed by atoms with Crippen molar-refractivity contribution >= 4 is 11.6 Å². The standard InChI is InChI=1S/C12H13ClN2O/c1-10(13)8-15-9-11-3-2-4-12(7-11)16-6-5-14/h2-4,7,15H,1,6,8-9H2. The van der Waals surface area contributed by atoms with Crippen LogP contribution in [0.15, 0.2) is 35.9 Å². The maximum atomic E-state index is 8.39. The van der Waals surface area contributed by atoms with Gasteiger partial charge in [-0.3, -0.25) is 0 Å². The molecule has 0 bridgehead atoms. The average Bonchev–Trinajstić information content (AvgIpc) is 2.26. The molecule has 0 saturated carbocycles. The summed E-state index contributed by atoms with van der Waals surface area (Å²) in [6.07, 6.45) is 0. The van der Waals surface area contributed by atoms with Crippen molar-refractivity contribution in [2.24, 2.45) is 0 Å². The minimum Gasteiger partial charge on any atom is -0.479 e. The van der Waals surface area contributed by atoms with Crippen molar-refractivity contribution in [2.75, 3.05) is 13.2 Å². The van der Waals surface area contributed by atoms with Crippen molar-refractivity contribution in [1.29, 1.82) is 5.26 Å². The number of rotatable bonds is 6. The van der Waals surface area contributed by atoms with Crippen molar-refractivity contribution in [3.05, 3.63) is 41.4 Å². The third-order valence-electron chi connectivity index (χ3n) is 1.85. The van der Waals surface area contributed by atoms with Crippen LogP contribution >= 0.6 is 11.6 Å². The zero-order valence-corrected chi connectivity index (χ0v) is 9.63. The van der Waals surface area contributed by atoms with E-state index in [9.17, 15) is 0 Å². The Morgan fingerprint density at radius 1 is 1.56 bits per heavy atom. The van der Waals surface area contributed by atoms with Crippen LogP contribution in [0.3, 0.4) is 0 Å². The summed E-state index contributed by atoms with van der Waals surface area (Å²) in [5, 5.41) is 12.1. The van der Waals surface area contributed by atoms with Gasteiger partial charge in [0, 0.05) is 18.1 Å². The predicted octanol–water partition coefficient (Wildman–Crippen LogP) is 2.43. The van der Waals surface area contributed by atoms with E-state index in [1.54, 1.807) is 0 Å². The molecule has 4 heteroatoms. The Kier molecular flexibility index (Phi) is 5.41. The second-order valence-corrected chi connectivity index (χ2v) is 3.75. The average molecular weight is 237 g/mol. The molecule has 0 spiro atoms. The first-order chi connectivity index (χ1) is 7.72. The van der Waals surface area contributed by atoms with Crippen LogP contribution in [0.2, 0.25) is 0 Å². The molecule has 1 aromatic carbocycles. The number of hydrogen-bond acceptors (Lipinski definition) is 3. The highest BCUT2D eigenvalue weighted by Gasteiger charge is 1.97. The summed E-state index contributed by atoms with van der Waals surface area (Å²) >= 11 is 5.63. The molecule has 3 nitrogen and oxygen atoms in total. The molecule has 0 atom stereocenters. The molecule has 0 unspecified atom stereocenters. The molecule has 0 amide bonds. The van der Waals surface area contributed by atoms with Crippen LogP contribution in [0.1, 0.15) is 5.56 Å². The number of nitrogens with one attached hydrogen (secondary N) is 1. The van der Waals surface area contributed by atoms with Crippen LogP contribution in [0.4, 0.5) is 0 Å². The first-order valence-electron chi connectivity index (χ1n) is 4.85. The minimum absolute atomic E-state index is 0.0648. The number of halogens is 1. The van der Waals surface area contributed by atoms with Gasteiger partial charge in [-0.15, -0.1) is 0 Å². The number of ether oxygens (including phenoxy) is 1. The lowest BCUT2D eigenvalue weighted by Gasteiger charge is -2.06. The second kappa shape index (κ2) is 6.89. The van der Waals surface area contributed by atoms with E-state index in [1.165, 1.54) is 0 Å². The number of benzene rings is 1. The fourth-order valence-corrected chi connectivity index (χ4v) is 1.30. The summed E-state index contributed by atoms with van der Waals surface area (Å²) in [5.74, 6) is 0.700. The highest BCUT2D eigenvalue weighted by Crippen LogP contribution is 2.13. The Balaban J connectivity index is 2.47. The number of nitrogens with zero attached hydrogens (tertiary/aromatic N) is 1. The fourth-order valence-electron chi connectivity index (χ4n) is 1.20. The molecular formula is C12H13ClN2O. The summed E-state index contributed by atoms with van der Waals surface area (Å²) in [5.41, 5.74) is 1.08. The normalized spacial score (nSPS) is 9.50. The Hall–Kier alpha value is -1.50. The van der Waals surface area contributed by atoms with Gasteiger partial charge < -0.3 is 10.1 Å². The van der Waals surface area contributed by atoms with Gasteiger partial charge >= 0.3 is 0 Å². The van der Waals surface area contributed by atoms with Crippen molar-refractivity contribution < 1.29 is 4.74 Å². The smallest absolute Gasteiger partial charge is 0.174 e. The zero-order valence-electron chi connectivity index (χ0n) is 8.87. The van der Waals surface area contributed by atoms with Gasteiger partial charge in [0.1, 0.15) is 11.8 Å². The Labute approximate surface area is 100 Å². The van der Waals surface area contributed by atoms with E-state index in [4.69, 9.17) is 21.6 Å². The lowest BCUT2D eigenvalue weighted by atomic mass is 10.2. The second-order valence-electron chi connectivity index (χ2n) is 3.22. The van der Waals surface area contributed by atoms with Gasteiger partial charge in [0.25, 0.3) is 0 Å². The predicted molar refractivity (Wildman–Crippen MR) is 64.2 cm³/mol. The third kappa shape index (κ3) is 4.83. The molecule has 0 fully saturated rings. The highest BCUT2D eigenvalue weighted by molar-refractivity contribution is 6.29. The first kappa shape index (κ1) is 12.6. The van der Waals surface area contributed by atoms with Crippen LogP contribution in [-0.4, -0.2) is 13.2 Å². The van der Waals surface area contributed by atoms with E-state index in [1.807, 2.05) is 30.3 Å². The van der Waals surface area contributed by atoms with E-state index in [2.05, 4.69) is 11.9 Å². The van der Waals surface area contributed by atoms with Crippen molar-refractivity contribution in [3.8, 4) is 11.8 Å². The SMILES string of the molecule is C=C(Cl)CNCc1cccc(OCC#N)c1. The quantitative estimate of drug-likeness (QED) is 0.825. The van der Waals surface area contributed by atoms with Crippen LogP contribution in [-0.2, 0) is 6.54 Å². The van der Waals surface area contributed by atoms with Gasteiger partial charge in [-0.25, -0.2) is 0 Å². The van der Waals surface area contributed by atoms with Crippen LogP contribution in [0.5, 0.6) is 5.75 Å². The summed E-state index contributed by atoms with van der Waals surface area (Å²) in [6.45, 7) is 4.92. The fraction of sp³-hybridized carbons (Fsp3) is 0.250. The van der Waals surface area contributed by atoms with Crippen molar-refractivity contribution in [2.45, 2.75) is 6.54 Å². The lowest BCUT2D eigenvalue weighted by molar-refractivity contribution is 0.367. The monoisotopic (exact) mass is 236 g/mol. The van der Waals surface area contributed by atoms with Gasteiger partial charge in [-0.05, 0) is 17.7 Å². The molecule has 0 aliphatic rings. The molecule has 1 rings (SSSR count). The minimum atomic E-state index is 0.0648.